The largest absolute Gasteiger partial charge is 0.508 e. The summed E-state index contributed by atoms with van der Waals surface area (Å²) >= 11 is 0. The molecule has 28 heavy (non-hydrogen) atoms. The molecule has 3 aromatic carbocycles. The predicted octanol–water partition coefficient (Wildman–Crippen LogP) is 3.73. The summed E-state index contributed by atoms with van der Waals surface area (Å²) in [5.41, 5.74) is 11.9. The summed E-state index contributed by atoms with van der Waals surface area (Å²) in [4.78, 5) is 7.63. The third-order valence-corrected chi connectivity index (χ3v) is 4.94. The Balaban J connectivity index is 1.81. The van der Waals surface area contributed by atoms with Crippen LogP contribution in [0.1, 0.15) is 22.5 Å². The van der Waals surface area contributed by atoms with Gasteiger partial charge < -0.3 is 20.9 Å². The van der Waals surface area contributed by atoms with E-state index in [1.54, 1.807) is 24.3 Å². The number of nitrogen functional groups attached to an aromatic ring is 1. The van der Waals surface area contributed by atoms with Gasteiger partial charge in [-0.05, 0) is 47.9 Å². The molecule has 0 aliphatic carbocycles. The molecule has 0 atom stereocenters. The number of nitrogens with two attached hydrogens (primary N) is 1. The maximum atomic E-state index is 10.0. The number of phenolic OH excluding ortho intramolecular Hbond substituents is 1. The van der Waals surface area contributed by atoms with Gasteiger partial charge >= 0.3 is 0 Å². The molecule has 0 saturated carbocycles. The molecule has 0 aliphatic heterocycles. The van der Waals surface area contributed by atoms with Crippen molar-refractivity contribution in [1.29, 1.82) is 5.41 Å². The number of rotatable bonds is 4. The molecule has 0 spiro atoms. The summed E-state index contributed by atoms with van der Waals surface area (Å²) in [6, 6.07) is 16.3. The van der Waals surface area contributed by atoms with Crippen molar-refractivity contribution in [3.05, 3.63) is 77.1 Å². The smallest absolute Gasteiger partial charge is 0.157 e. The van der Waals surface area contributed by atoms with Crippen LogP contribution in [0.3, 0.4) is 0 Å². The van der Waals surface area contributed by atoms with E-state index >= 15 is 0 Å². The van der Waals surface area contributed by atoms with Crippen LogP contribution in [0.25, 0.3) is 22.2 Å². The summed E-state index contributed by atoms with van der Waals surface area (Å²) in [6.07, 6.45) is 0. The average Bonchev–Trinajstić information content (AvgIpc) is 3.14. The minimum atomic E-state index is -0.122. The highest BCUT2D eigenvalue weighted by atomic mass is 16.3. The van der Waals surface area contributed by atoms with Gasteiger partial charge in [-0.3, -0.25) is 5.41 Å². The fourth-order valence-electron chi connectivity index (χ4n) is 3.34. The van der Waals surface area contributed by atoms with Crippen LogP contribution in [0.5, 0.6) is 5.75 Å². The highest BCUT2D eigenvalue weighted by molar-refractivity contribution is 6.13. The lowest BCUT2D eigenvalue weighted by molar-refractivity contribution is 0.283. The Morgan fingerprint density at radius 1 is 1.14 bits per heavy atom. The van der Waals surface area contributed by atoms with Crippen molar-refractivity contribution in [3.8, 4) is 16.9 Å². The van der Waals surface area contributed by atoms with Crippen LogP contribution >= 0.6 is 0 Å². The van der Waals surface area contributed by atoms with Crippen molar-refractivity contribution >= 4 is 22.4 Å². The minimum absolute atomic E-state index is 0.122. The first-order valence-electron chi connectivity index (χ1n) is 8.86. The van der Waals surface area contributed by atoms with E-state index < -0.39 is 0 Å². The summed E-state index contributed by atoms with van der Waals surface area (Å²) in [5, 5.41) is 28.1. The van der Waals surface area contributed by atoms with Crippen LogP contribution in [0.4, 0.5) is 5.69 Å². The number of nitrogens with one attached hydrogen (secondary N) is 2. The number of imidazole rings is 1. The summed E-state index contributed by atoms with van der Waals surface area (Å²) in [7, 11) is 0. The summed E-state index contributed by atoms with van der Waals surface area (Å²) < 4.78 is 0. The molecule has 1 aromatic heterocycles. The van der Waals surface area contributed by atoms with Gasteiger partial charge in [0.1, 0.15) is 11.5 Å². The maximum absolute atomic E-state index is 10.0. The first kappa shape index (κ1) is 17.8. The molecule has 4 rings (SSSR count). The lowest BCUT2D eigenvalue weighted by atomic mass is 9.96. The summed E-state index contributed by atoms with van der Waals surface area (Å²) in [5.74, 6) is 0.604. The van der Waals surface area contributed by atoms with E-state index in [4.69, 9.17) is 11.1 Å². The summed E-state index contributed by atoms with van der Waals surface area (Å²) in [6.45, 7) is 1.73. The number of para-hydroxylation sites is 1. The maximum Gasteiger partial charge on any atom is 0.157 e. The van der Waals surface area contributed by atoms with E-state index in [1.165, 1.54) is 0 Å². The number of aliphatic hydroxyl groups is 1. The van der Waals surface area contributed by atoms with Gasteiger partial charge in [0.05, 0.1) is 17.6 Å². The van der Waals surface area contributed by atoms with E-state index in [0.717, 1.165) is 22.2 Å². The molecule has 4 aromatic rings. The molecule has 140 valence electrons. The Hall–Kier alpha value is -3.64. The van der Waals surface area contributed by atoms with Crippen LogP contribution in [0.15, 0.2) is 54.6 Å². The molecule has 0 bridgehead atoms. The quantitative estimate of drug-likeness (QED) is 0.277. The monoisotopic (exact) mass is 372 g/mol. The molecule has 0 saturated heterocycles. The lowest BCUT2D eigenvalue weighted by Crippen LogP contribution is -2.07. The van der Waals surface area contributed by atoms with Crippen LogP contribution in [-0.4, -0.2) is 25.9 Å². The lowest BCUT2D eigenvalue weighted by Gasteiger charge is -2.11. The zero-order valence-electron chi connectivity index (χ0n) is 15.3. The van der Waals surface area contributed by atoms with E-state index in [0.29, 0.717) is 28.2 Å². The van der Waals surface area contributed by atoms with Gasteiger partial charge in [-0.15, -0.1) is 0 Å². The Labute approximate surface area is 161 Å². The Bertz CT molecular complexity index is 1210. The van der Waals surface area contributed by atoms with Crippen molar-refractivity contribution in [2.45, 2.75) is 13.5 Å². The standard InChI is InChI=1S/C22H20N4O2/c1-12-15(5-3-7-19(12)28)13-8-9-17(23)16(10-13)20(24)22-25-18-6-2-4-14(11-27)21(18)26-22/h2-10,24,27-28H,11,23H2,1H3,(H,25,26). The van der Waals surface area contributed by atoms with Crippen molar-refractivity contribution in [3.63, 3.8) is 0 Å². The second-order valence-corrected chi connectivity index (χ2v) is 6.68. The van der Waals surface area contributed by atoms with E-state index in [9.17, 15) is 10.2 Å². The van der Waals surface area contributed by atoms with E-state index in [2.05, 4.69) is 9.97 Å². The van der Waals surface area contributed by atoms with Crippen molar-refractivity contribution in [2.75, 3.05) is 5.73 Å². The predicted molar refractivity (Wildman–Crippen MR) is 111 cm³/mol. The first-order valence-corrected chi connectivity index (χ1v) is 8.86. The highest BCUT2D eigenvalue weighted by Crippen LogP contribution is 2.31. The van der Waals surface area contributed by atoms with Crippen LogP contribution in [0.2, 0.25) is 0 Å². The number of H-pyrrole nitrogens is 1. The third-order valence-electron chi connectivity index (χ3n) is 4.94. The van der Waals surface area contributed by atoms with Gasteiger partial charge in [0.15, 0.2) is 5.82 Å². The zero-order chi connectivity index (χ0) is 19.8. The fourth-order valence-corrected chi connectivity index (χ4v) is 3.34. The topological polar surface area (TPSA) is 119 Å². The zero-order valence-corrected chi connectivity index (χ0v) is 15.3. The number of fused-ring (bicyclic) bond motifs is 1. The highest BCUT2D eigenvalue weighted by Gasteiger charge is 2.16. The van der Waals surface area contributed by atoms with Crippen LogP contribution in [-0.2, 0) is 6.61 Å². The van der Waals surface area contributed by atoms with Gasteiger partial charge in [0.2, 0.25) is 0 Å². The number of aromatic amines is 1. The third kappa shape index (κ3) is 2.90. The number of hydrogen-bond donors (Lipinski definition) is 5. The van der Waals surface area contributed by atoms with Gasteiger partial charge in [0.25, 0.3) is 0 Å². The number of benzene rings is 3. The molecule has 6 N–H and O–H groups in total. The van der Waals surface area contributed by atoms with Crippen LogP contribution < -0.4 is 5.73 Å². The van der Waals surface area contributed by atoms with Crippen LogP contribution in [0, 0.1) is 12.3 Å². The molecule has 0 unspecified atom stereocenters. The van der Waals surface area contributed by atoms with Gasteiger partial charge in [-0.2, -0.15) is 0 Å². The van der Waals surface area contributed by atoms with Gasteiger partial charge in [0, 0.05) is 16.8 Å². The SMILES string of the molecule is Cc1c(O)cccc1-c1ccc(N)c(C(=N)c2nc3c(CO)cccc3[nH]2)c1. The Morgan fingerprint density at radius 3 is 2.71 bits per heavy atom. The molecule has 1 heterocycles. The Morgan fingerprint density at radius 2 is 1.93 bits per heavy atom. The average molecular weight is 372 g/mol. The number of hydrogen-bond acceptors (Lipinski definition) is 5. The van der Waals surface area contributed by atoms with E-state index in [1.807, 2.05) is 37.3 Å². The molecular weight excluding hydrogens is 352 g/mol. The van der Waals surface area contributed by atoms with Crippen molar-refractivity contribution in [2.24, 2.45) is 0 Å². The number of anilines is 1. The second kappa shape index (κ2) is 6.83. The van der Waals surface area contributed by atoms with E-state index in [-0.39, 0.29) is 18.1 Å². The Kier molecular flexibility index (Phi) is 4.33. The number of phenols is 1. The molecule has 0 amide bonds. The fraction of sp³-hybridized carbons (Fsp3) is 0.0909. The van der Waals surface area contributed by atoms with Gasteiger partial charge in [-0.25, -0.2) is 4.98 Å². The number of aromatic hydroxyl groups is 1. The number of aromatic nitrogens is 2. The number of aliphatic hydroxyl groups excluding tert-OH is 1. The minimum Gasteiger partial charge on any atom is -0.508 e. The molecule has 6 nitrogen and oxygen atoms in total. The molecule has 6 heteroatoms. The first-order chi connectivity index (χ1) is 13.5. The molecule has 0 aliphatic rings. The molecular formula is C22H20N4O2. The van der Waals surface area contributed by atoms with Crippen molar-refractivity contribution in [1.82, 2.24) is 9.97 Å². The molecule has 0 radical (unpaired) electrons. The van der Waals surface area contributed by atoms with Gasteiger partial charge in [-0.1, -0.05) is 30.3 Å². The van der Waals surface area contributed by atoms with Crippen molar-refractivity contribution < 1.29 is 10.2 Å². The molecule has 0 fully saturated rings. The number of nitrogens with zero attached hydrogens (tertiary/aromatic N) is 1. The second-order valence-electron chi connectivity index (χ2n) is 6.68. The normalized spacial score (nSPS) is 11.1.